The topological polar surface area (TPSA) is 102 Å². The van der Waals surface area contributed by atoms with Gasteiger partial charge in [0.25, 0.3) is 5.91 Å². The maximum absolute atomic E-state index is 12.5. The summed E-state index contributed by atoms with van der Waals surface area (Å²) in [5.74, 6) is -0.503. The van der Waals surface area contributed by atoms with Gasteiger partial charge in [-0.3, -0.25) is 10.1 Å². The third-order valence-electron chi connectivity index (χ3n) is 3.58. The number of amides is 1. The molecule has 0 unspecified atom stereocenters. The molecule has 1 aromatic heterocycles. The van der Waals surface area contributed by atoms with Crippen molar-refractivity contribution in [2.75, 3.05) is 11.1 Å². The molecule has 0 spiro atoms. The molecular weight excluding hydrogens is 422 g/mol. The summed E-state index contributed by atoms with van der Waals surface area (Å²) in [7, 11) is -3.54. The smallest absolute Gasteiger partial charge is 0.322 e. The van der Waals surface area contributed by atoms with E-state index in [9.17, 15) is 13.2 Å². The van der Waals surface area contributed by atoms with Crippen molar-refractivity contribution in [1.29, 1.82) is 0 Å². The standard InChI is InChI=1S/C17H14BrN3O4S/c1-2-26(23,24)14-6-4-3-5-13(14)15(22)19-17-21-20-16(25-17)11-7-9-12(18)10-8-11/h3-10H,2H2,1H3,(H,19,21,22). The fourth-order valence-electron chi connectivity index (χ4n) is 2.23. The predicted octanol–water partition coefficient (Wildman–Crippen LogP) is 3.55. The summed E-state index contributed by atoms with van der Waals surface area (Å²) in [5, 5.41) is 10.1. The molecule has 0 radical (unpaired) electrons. The molecule has 0 saturated heterocycles. The van der Waals surface area contributed by atoms with Gasteiger partial charge in [-0.2, -0.15) is 0 Å². The Balaban J connectivity index is 1.85. The number of carbonyl (C=O) groups excluding carboxylic acids is 1. The van der Waals surface area contributed by atoms with Gasteiger partial charge in [0.15, 0.2) is 9.84 Å². The number of sulfone groups is 1. The lowest BCUT2D eigenvalue weighted by Crippen LogP contribution is -2.17. The van der Waals surface area contributed by atoms with Gasteiger partial charge in [0.05, 0.1) is 16.2 Å². The van der Waals surface area contributed by atoms with Gasteiger partial charge in [-0.05, 0) is 36.4 Å². The lowest BCUT2D eigenvalue weighted by molar-refractivity contribution is 0.102. The van der Waals surface area contributed by atoms with Crippen LogP contribution in [0, 0.1) is 0 Å². The Morgan fingerprint density at radius 1 is 1.12 bits per heavy atom. The van der Waals surface area contributed by atoms with Gasteiger partial charge in [0.2, 0.25) is 5.89 Å². The first kappa shape index (κ1) is 18.3. The third kappa shape index (κ3) is 3.83. The molecule has 3 rings (SSSR count). The number of nitrogens with zero attached hydrogens (tertiary/aromatic N) is 2. The van der Waals surface area contributed by atoms with Crippen molar-refractivity contribution in [2.24, 2.45) is 0 Å². The molecule has 0 fully saturated rings. The highest BCUT2D eigenvalue weighted by molar-refractivity contribution is 9.10. The van der Waals surface area contributed by atoms with E-state index in [0.29, 0.717) is 5.56 Å². The SMILES string of the molecule is CCS(=O)(=O)c1ccccc1C(=O)Nc1nnc(-c2ccc(Br)cc2)o1. The van der Waals surface area contributed by atoms with Crippen LogP contribution in [0.3, 0.4) is 0 Å². The van der Waals surface area contributed by atoms with Gasteiger partial charge < -0.3 is 4.42 Å². The maximum Gasteiger partial charge on any atom is 0.322 e. The maximum atomic E-state index is 12.5. The van der Waals surface area contributed by atoms with Crippen molar-refractivity contribution >= 4 is 37.7 Å². The number of anilines is 1. The van der Waals surface area contributed by atoms with Crippen molar-refractivity contribution in [1.82, 2.24) is 10.2 Å². The summed E-state index contributed by atoms with van der Waals surface area (Å²) in [6.45, 7) is 1.52. The van der Waals surface area contributed by atoms with E-state index in [-0.39, 0.29) is 28.1 Å². The molecule has 0 saturated carbocycles. The van der Waals surface area contributed by atoms with Crippen LogP contribution >= 0.6 is 15.9 Å². The molecular formula is C17H14BrN3O4S. The fourth-order valence-corrected chi connectivity index (χ4v) is 3.59. The molecule has 1 amide bonds. The van der Waals surface area contributed by atoms with E-state index in [0.717, 1.165) is 4.47 Å². The van der Waals surface area contributed by atoms with Gasteiger partial charge in [0.1, 0.15) is 0 Å². The number of hydrogen-bond donors (Lipinski definition) is 1. The Kier molecular flexibility index (Phi) is 5.19. The van der Waals surface area contributed by atoms with E-state index < -0.39 is 15.7 Å². The number of hydrogen-bond acceptors (Lipinski definition) is 6. The Morgan fingerprint density at radius 2 is 1.81 bits per heavy atom. The van der Waals surface area contributed by atoms with E-state index in [1.54, 1.807) is 24.3 Å². The van der Waals surface area contributed by atoms with E-state index in [1.807, 2.05) is 12.1 Å². The number of carbonyl (C=O) groups is 1. The highest BCUT2D eigenvalue weighted by atomic mass is 79.9. The van der Waals surface area contributed by atoms with Crippen molar-refractivity contribution in [3.05, 3.63) is 58.6 Å². The minimum atomic E-state index is -3.54. The van der Waals surface area contributed by atoms with E-state index in [2.05, 4.69) is 31.4 Å². The summed E-state index contributed by atoms with van der Waals surface area (Å²) >= 11 is 3.34. The summed E-state index contributed by atoms with van der Waals surface area (Å²) in [5.41, 5.74) is 0.716. The van der Waals surface area contributed by atoms with Crippen molar-refractivity contribution in [2.45, 2.75) is 11.8 Å². The molecule has 0 bridgehead atoms. The van der Waals surface area contributed by atoms with Crippen molar-refractivity contribution < 1.29 is 17.6 Å². The molecule has 0 aliphatic heterocycles. The number of nitrogens with one attached hydrogen (secondary N) is 1. The third-order valence-corrected chi connectivity index (χ3v) is 5.90. The second-order valence-corrected chi connectivity index (χ2v) is 8.44. The molecule has 134 valence electrons. The second-order valence-electron chi connectivity index (χ2n) is 5.27. The van der Waals surface area contributed by atoms with Crippen LogP contribution in [-0.4, -0.2) is 30.3 Å². The van der Waals surface area contributed by atoms with Gasteiger partial charge in [-0.15, -0.1) is 5.10 Å². The van der Waals surface area contributed by atoms with E-state index in [4.69, 9.17) is 4.42 Å². The normalized spacial score (nSPS) is 11.3. The highest BCUT2D eigenvalue weighted by Crippen LogP contribution is 2.23. The van der Waals surface area contributed by atoms with Gasteiger partial charge in [-0.1, -0.05) is 40.1 Å². The van der Waals surface area contributed by atoms with E-state index >= 15 is 0 Å². The second kappa shape index (κ2) is 7.38. The Morgan fingerprint density at radius 3 is 2.50 bits per heavy atom. The number of benzene rings is 2. The van der Waals surface area contributed by atoms with Crippen LogP contribution in [0.15, 0.2) is 62.3 Å². The Bertz CT molecular complexity index is 1050. The van der Waals surface area contributed by atoms with Crippen LogP contribution in [0.5, 0.6) is 0 Å². The number of aromatic nitrogens is 2. The first-order chi connectivity index (χ1) is 12.4. The largest absolute Gasteiger partial charge is 0.403 e. The van der Waals surface area contributed by atoms with Crippen LogP contribution in [-0.2, 0) is 9.84 Å². The average molecular weight is 436 g/mol. The minimum Gasteiger partial charge on any atom is -0.403 e. The molecule has 1 heterocycles. The first-order valence-corrected chi connectivity index (χ1v) is 10.1. The highest BCUT2D eigenvalue weighted by Gasteiger charge is 2.22. The van der Waals surface area contributed by atoms with Crippen LogP contribution in [0.1, 0.15) is 17.3 Å². The minimum absolute atomic E-state index is 0.0257. The van der Waals surface area contributed by atoms with Crippen LogP contribution in [0.25, 0.3) is 11.5 Å². The zero-order chi connectivity index (χ0) is 18.7. The zero-order valence-corrected chi connectivity index (χ0v) is 16.0. The molecule has 0 aliphatic rings. The Labute approximate surface area is 158 Å². The van der Waals surface area contributed by atoms with E-state index in [1.165, 1.54) is 19.1 Å². The Hall–Kier alpha value is -2.52. The molecule has 7 nitrogen and oxygen atoms in total. The quantitative estimate of drug-likeness (QED) is 0.657. The summed E-state index contributed by atoms with van der Waals surface area (Å²) in [6.07, 6.45) is 0. The fraction of sp³-hybridized carbons (Fsp3) is 0.118. The van der Waals surface area contributed by atoms with Gasteiger partial charge in [-0.25, -0.2) is 8.42 Å². The lowest BCUT2D eigenvalue weighted by Gasteiger charge is -2.07. The summed E-state index contributed by atoms with van der Waals surface area (Å²) in [4.78, 5) is 12.4. The summed E-state index contributed by atoms with van der Waals surface area (Å²) < 4.78 is 30.7. The van der Waals surface area contributed by atoms with Crippen LogP contribution < -0.4 is 5.32 Å². The molecule has 3 aromatic rings. The molecule has 26 heavy (non-hydrogen) atoms. The molecule has 1 N–H and O–H groups in total. The monoisotopic (exact) mass is 435 g/mol. The zero-order valence-electron chi connectivity index (χ0n) is 13.6. The predicted molar refractivity (Wildman–Crippen MR) is 99.6 cm³/mol. The average Bonchev–Trinajstić information content (AvgIpc) is 3.10. The van der Waals surface area contributed by atoms with Gasteiger partial charge in [0, 0.05) is 10.0 Å². The van der Waals surface area contributed by atoms with Gasteiger partial charge >= 0.3 is 6.01 Å². The number of halogens is 1. The molecule has 9 heteroatoms. The van der Waals surface area contributed by atoms with Crippen molar-refractivity contribution in [3.63, 3.8) is 0 Å². The molecule has 0 atom stereocenters. The molecule has 2 aromatic carbocycles. The van der Waals surface area contributed by atoms with Crippen molar-refractivity contribution in [3.8, 4) is 11.5 Å². The van der Waals surface area contributed by atoms with Crippen LogP contribution in [0.2, 0.25) is 0 Å². The summed E-state index contributed by atoms with van der Waals surface area (Å²) in [6, 6.07) is 13.1. The van der Waals surface area contributed by atoms with Crippen LogP contribution in [0.4, 0.5) is 6.01 Å². The number of rotatable bonds is 5. The lowest BCUT2D eigenvalue weighted by atomic mass is 10.2. The first-order valence-electron chi connectivity index (χ1n) is 7.63. The molecule has 0 aliphatic carbocycles.